The van der Waals surface area contributed by atoms with Crippen LogP contribution in [0.5, 0.6) is 0 Å². The zero-order valence-corrected chi connectivity index (χ0v) is 5.80. The summed E-state index contributed by atoms with van der Waals surface area (Å²) in [6, 6.07) is 0. The Labute approximate surface area is 57.6 Å². The van der Waals surface area contributed by atoms with Crippen molar-refractivity contribution in [3.8, 4) is 0 Å². The van der Waals surface area contributed by atoms with E-state index in [0.717, 1.165) is 0 Å². The average Bonchev–Trinajstić information content (AvgIpc) is 0.811. The van der Waals surface area contributed by atoms with Crippen molar-refractivity contribution in [1.82, 2.24) is 0 Å². The lowest BCUT2D eigenvalue weighted by atomic mass is 15.8. The number of hydrogen-bond donors (Lipinski definition) is 2. The van der Waals surface area contributed by atoms with Crippen LogP contribution < -0.4 is 0 Å². The largest absolute Gasteiger partial charge is 0.326 e. The second kappa shape index (κ2) is 9.51. The lowest BCUT2D eigenvalue weighted by Crippen LogP contribution is -1.38. The maximum atomic E-state index is 8.74. The first kappa shape index (κ1) is 15.7. The normalized spacial score (nSPS) is 5.83. The van der Waals surface area contributed by atoms with Gasteiger partial charge in [0, 0.05) is 0 Å². The van der Waals surface area contributed by atoms with Crippen molar-refractivity contribution in [2.75, 3.05) is 0 Å². The van der Waals surface area contributed by atoms with Crippen molar-refractivity contribution >= 4 is 43.0 Å². The van der Waals surface area contributed by atoms with Crippen molar-refractivity contribution in [1.29, 1.82) is 0 Å². The van der Waals surface area contributed by atoms with Crippen LogP contribution in [0, 0.1) is 0 Å². The van der Waals surface area contributed by atoms with E-state index in [0.29, 0.717) is 0 Å². The van der Waals surface area contributed by atoms with Gasteiger partial charge in [0.15, 0.2) is 17.4 Å². The van der Waals surface area contributed by atoms with Crippen molar-refractivity contribution in [2.45, 2.75) is 0 Å². The molecular weight excluding hydrogens is 133 g/mol. The predicted octanol–water partition coefficient (Wildman–Crippen LogP) is -2.74. The highest BCUT2D eigenvalue weighted by atomic mass is 31.1. The number of rotatable bonds is 0. The monoisotopic (exact) mass is 141 g/mol. The van der Waals surface area contributed by atoms with Crippen molar-refractivity contribution in [2.24, 2.45) is 0 Å². The second-order valence-electron chi connectivity index (χ2n) is 0.283. The third-order valence-electron chi connectivity index (χ3n) is 0. The van der Waals surface area contributed by atoms with Gasteiger partial charge in [-0.05, 0) is 0 Å². The maximum absolute atomic E-state index is 8.74. The summed E-state index contributed by atoms with van der Waals surface area (Å²) in [7, 11) is -3.13. The highest BCUT2D eigenvalue weighted by Crippen LogP contribution is 1.98. The summed E-state index contributed by atoms with van der Waals surface area (Å²) in [5.41, 5.74) is 0. The Balaban J connectivity index is -0.0000000450. The quantitative estimate of drug-likeness (QED) is 0.284. The summed E-state index contributed by atoms with van der Waals surface area (Å²) < 4.78 is 8.74. The molecule has 0 bridgehead atoms. The smallest absolute Gasteiger partial charge is 0.314 e. The molecule has 0 unspecified atom stereocenters. The molecule has 0 aromatic heterocycles. The summed E-state index contributed by atoms with van der Waals surface area (Å²) >= 11 is 0. The molecule has 0 spiro atoms. The van der Waals surface area contributed by atoms with Crippen LogP contribution >= 0.6 is 8.25 Å². The van der Waals surface area contributed by atoms with Gasteiger partial charge in [-0.15, -0.1) is 0 Å². The summed E-state index contributed by atoms with van der Waals surface area (Å²) in [6.45, 7) is 0. The van der Waals surface area contributed by atoms with Crippen LogP contribution in [0.2, 0.25) is 0 Å². The Kier molecular flexibility index (Phi) is 24.9. The van der Waals surface area contributed by atoms with Crippen LogP contribution in [0.15, 0.2) is 0 Å². The molecule has 0 saturated heterocycles. The first-order valence-corrected chi connectivity index (χ1v) is 1.95. The lowest BCUT2D eigenvalue weighted by Gasteiger charge is -1.61. The molecule has 37 valence electrons. The fourth-order valence-electron chi connectivity index (χ4n) is 0. The minimum Gasteiger partial charge on any atom is -0.326 e. The van der Waals surface area contributed by atoms with E-state index in [1.165, 1.54) is 0 Å². The van der Waals surface area contributed by atoms with Gasteiger partial charge in [-0.25, -0.2) is 0 Å². The molecule has 0 aromatic rings. The Morgan fingerprint density at radius 2 is 1.33 bits per heavy atom. The minimum atomic E-state index is -3.13. The molecule has 0 saturated carbocycles. The molecule has 0 aliphatic rings. The summed E-state index contributed by atoms with van der Waals surface area (Å²) in [5, 5.41) is 0. The van der Waals surface area contributed by atoms with E-state index in [1.54, 1.807) is 0 Å². The third kappa shape index (κ3) is 62.8. The summed E-state index contributed by atoms with van der Waals surface area (Å²) in [5.74, 6) is 0. The van der Waals surface area contributed by atoms with E-state index >= 15 is 0 Å². The highest BCUT2D eigenvalue weighted by Gasteiger charge is 1.61. The van der Waals surface area contributed by atoms with Crippen LogP contribution in [0.3, 0.4) is 0 Å². The van der Waals surface area contributed by atoms with Crippen LogP contribution in [-0.2, 0) is 4.57 Å². The van der Waals surface area contributed by atoms with Crippen LogP contribution in [-0.4, -0.2) is 44.5 Å². The van der Waals surface area contributed by atoms with Crippen molar-refractivity contribution in [3.63, 3.8) is 0 Å². The van der Waals surface area contributed by atoms with Crippen molar-refractivity contribution in [3.05, 3.63) is 0 Å². The SMILES string of the molecule is O=[PH](O)O.[AlH2].[AlH3]. The van der Waals surface area contributed by atoms with E-state index in [9.17, 15) is 0 Å². The Bertz CT molecular complexity index is 31.8. The number of hydrogen-bond acceptors (Lipinski definition) is 1. The van der Waals surface area contributed by atoms with Gasteiger partial charge in [0.25, 0.3) is 0 Å². The fraction of sp³-hybridized carbons (Fsp3) is 0. The molecule has 6 heteroatoms. The third-order valence-corrected chi connectivity index (χ3v) is 0. The molecule has 0 aliphatic carbocycles. The van der Waals surface area contributed by atoms with Gasteiger partial charge in [-0.1, -0.05) is 0 Å². The van der Waals surface area contributed by atoms with Gasteiger partial charge in [-0.2, -0.15) is 0 Å². The Hall–Kier alpha value is 1.21. The molecule has 0 fully saturated rings. The summed E-state index contributed by atoms with van der Waals surface area (Å²) in [6.07, 6.45) is 0. The van der Waals surface area contributed by atoms with Gasteiger partial charge in [-0.3, -0.25) is 4.57 Å². The Morgan fingerprint density at radius 1 is 1.33 bits per heavy atom. The molecule has 0 aromatic carbocycles. The van der Waals surface area contributed by atoms with Crippen LogP contribution in [0.25, 0.3) is 0 Å². The molecule has 0 heterocycles. The molecule has 0 amide bonds. The molecule has 0 aliphatic heterocycles. The highest BCUT2D eigenvalue weighted by molar-refractivity contribution is 7.30. The Morgan fingerprint density at radius 3 is 1.33 bits per heavy atom. The van der Waals surface area contributed by atoms with Crippen LogP contribution in [0.1, 0.15) is 0 Å². The van der Waals surface area contributed by atoms with E-state index in [4.69, 9.17) is 14.4 Å². The molecule has 1 radical (unpaired) electrons. The zero-order chi connectivity index (χ0) is 3.58. The van der Waals surface area contributed by atoms with Gasteiger partial charge < -0.3 is 9.79 Å². The predicted molar refractivity (Wildman–Crippen MR) is 31.9 cm³/mol. The van der Waals surface area contributed by atoms with E-state index in [1.807, 2.05) is 0 Å². The standard InChI is InChI=1S/2Al.H3O3P.5H/c;;1-4(2)3;;;;;/h;;4H,(H2,1,2,3);;;;;. The molecule has 0 rings (SSSR count). The zero-order valence-electron chi connectivity index (χ0n) is 2.80. The van der Waals surface area contributed by atoms with Crippen molar-refractivity contribution < 1.29 is 14.4 Å². The first-order valence-electron chi connectivity index (χ1n) is 0.651. The van der Waals surface area contributed by atoms with Gasteiger partial charge in [0.1, 0.15) is 17.4 Å². The molecule has 2 N–H and O–H groups in total. The molecule has 3 nitrogen and oxygen atoms in total. The minimum absolute atomic E-state index is 0. The van der Waals surface area contributed by atoms with E-state index in [-0.39, 0.29) is 34.7 Å². The van der Waals surface area contributed by atoms with Gasteiger partial charge >= 0.3 is 8.25 Å². The second-order valence-corrected chi connectivity index (χ2v) is 0.848. The fourth-order valence-corrected chi connectivity index (χ4v) is 0. The summed E-state index contributed by atoms with van der Waals surface area (Å²) in [4.78, 5) is 14.3. The van der Waals surface area contributed by atoms with E-state index < -0.39 is 8.25 Å². The van der Waals surface area contributed by atoms with Crippen LogP contribution in [0.4, 0.5) is 0 Å². The lowest BCUT2D eigenvalue weighted by molar-refractivity contribution is 0.405. The van der Waals surface area contributed by atoms with Gasteiger partial charge in [0.05, 0.1) is 0 Å². The average molecular weight is 141 g/mol. The molecule has 6 heavy (non-hydrogen) atoms. The molecule has 0 atom stereocenters. The topological polar surface area (TPSA) is 57.5 Å². The van der Waals surface area contributed by atoms with Gasteiger partial charge in [0.2, 0.25) is 0 Å². The first-order chi connectivity index (χ1) is 1.73. The molecular formula is H8Al2O3P. The maximum Gasteiger partial charge on any atom is 0.314 e. The van der Waals surface area contributed by atoms with E-state index in [2.05, 4.69) is 0 Å².